The van der Waals surface area contributed by atoms with E-state index in [0.29, 0.717) is 13.0 Å². The van der Waals surface area contributed by atoms with Crippen molar-refractivity contribution in [3.05, 3.63) is 69.8 Å². The van der Waals surface area contributed by atoms with Crippen LogP contribution in [0.5, 0.6) is 0 Å². The highest BCUT2D eigenvalue weighted by Gasteiger charge is 2.14. The van der Waals surface area contributed by atoms with Crippen molar-refractivity contribution in [2.75, 3.05) is 11.9 Å². The van der Waals surface area contributed by atoms with Crippen molar-refractivity contribution in [2.24, 2.45) is 0 Å². The van der Waals surface area contributed by atoms with Gasteiger partial charge in [-0.2, -0.15) is 0 Å². The zero-order valence-corrected chi connectivity index (χ0v) is 10.5. The van der Waals surface area contributed by atoms with E-state index in [-0.39, 0.29) is 17.2 Å². The number of nitro groups is 1. The van der Waals surface area contributed by atoms with Crippen molar-refractivity contribution in [1.29, 1.82) is 0 Å². The van der Waals surface area contributed by atoms with E-state index in [1.807, 2.05) is 0 Å². The van der Waals surface area contributed by atoms with Crippen LogP contribution in [0, 0.1) is 21.7 Å². The summed E-state index contributed by atoms with van der Waals surface area (Å²) in [7, 11) is 0. The fourth-order valence-corrected chi connectivity index (χ4v) is 1.80. The Kier molecular flexibility index (Phi) is 4.24. The standard InChI is InChI=1S/C14H12F2N2O2/c15-11-3-1-10(2-4-11)7-8-17-13-6-5-12(16)9-14(13)18(19)20/h1-6,9,17H,7-8H2. The van der Waals surface area contributed by atoms with E-state index < -0.39 is 10.7 Å². The first-order valence-electron chi connectivity index (χ1n) is 5.98. The summed E-state index contributed by atoms with van der Waals surface area (Å²) in [6.45, 7) is 0.429. The van der Waals surface area contributed by atoms with Crippen molar-refractivity contribution in [3.63, 3.8) is 0 Å². The smallest absolute Gasteiger partial charge is 0.295 e. The molecular weight excluding hydrogens is 266 g/mol. The maximum absolute atomic E-state index is 13.0. The molecule has 0 aromatic heterocycles. The van der Waals surface area contributed by atoms with Crippen molar-refractivity contribution in [1.82, 2.24) is 0 Å². The first-order valence-corrected chi connectivity index (χ1v) is 5.98. The normalized spacial score (nSPS) is 10.3. The van der Waals surface area contributed by atoms with Crippen molar-refractivity contribution < 1.29 is 13.7 Å². The van der Waals surface area contributed by atoms with E-state index in [0.717, 1.165) is 17.7 Å². The summed E-state index contributed by atoms with van der Waals surface area (Å²) < 4.78 is 25.7. The Labute approximate surface area is 114 Å². The average molecular weight is 278 g/mol. The lowest BCUT2D eigenvalue weighted by Crippen LogP contribution is -2.07. The third-order valence-corrected chi connectivity index (χ3v) is 2.80. The van der Waals surface area contributed by atoms with Crippen LogP contribution in [0.4, 0.5) is 20.2 Å². The second-order valence-corrected chi connectivity index (χ2v) is 4.22. The molecular formula is C14H12F2N2O2. The lowest BCUT2D eigenvalue weighted by atomic mass is 10.1. The van der Waals surface area contributed by atoms with Gasteiger partial charge in [0, 0.05) is 6.54 Å². The van der Waals surface area contributed by atoms with Crippen LogP contribution in [-0.2, 0) is 6.42 Å². The number of rotatable bonds is 5. The van der Waals surface area contributed by atoms with Crippen LogP contribution in [0.15, 0.2) is 42.5 Å². The molecule has 2 aromatic rings. The van der Waals surface area contributed by atoms with Crippen LogP contribution >= 0.6 is 0 Å². The molecule has 0 radical (unpaired) electrons. The highest BCUT2D eigenvalue weighted by Crippen LogP contribution is 2.24. The van der Waals surface area contributed by atoms with Gasteiger partial charge in [0.15, 0.2) is 0 Å². The summed E-state index contributed by atoms with van der Waals surface area (Å²) in [6.07, 6.45) is 0.578. The van der Waals surface area contributed by atoms with E-state index in [1.165, 1.54) is 18.2 Å². The molecule has 0 bridgehead atoms. The number of hydrogen-bond acceptors (Lipinski definition) is 3. The van der Waals surface area contributed by atoms with Crippen LogP contribution in [-0.4, -0.2) is 11.5 Å². The molecule has 0 spiro atoms. The van der Waals surface area contributed by atoms with Crippen molar-refractivity contribution >= 4 is 11.4 Å². The van der Waals surface area contributed by atoms with E-state index >= 15 is 0 Å². The Hall–Kier alpha value is -2.50. The zero-order chi connectivity index (χ0) is 14.5. The molecule has 20 heavy (non-hydrogen) atoms. The van der Waals surface area contributed by atoms with E-state index in [2.05, 4.69) is 5.32 Å². The van der Waals surface area contributed by atoms with Gasteiger partial charge in [0.2, 0.25) is 0 Å². The summed E-state index contributed by atoms with van der Waals surface area (Å²) in [6, 6.07) is 9.38. The van der Waals surface area contributed by atoms with Gasteiger partial charge in [-0.05, 0) is 36.2 Å². The number of nitro benzene ring substituents is 1. The second kappa shape index (κ2) is 6.10. The number of anilines is 1. The van der Waals surface area contributed by atoms with Crippen LogP contribution < -0.4 is 5.32 Å². The number of nitrogens with one attached hydrogen (secondary N) is 1. The Morgan fingerprint density at radius 3 is 2.35 bits per heavy atom. The van der Waals surface area contributed by atoms with E-state index in [9.17, 15) is 18.9 Å². The minimum Gasteiger partial charge on any atom is -0.379 e. The summed E-state index contributed by atoms with van der Waals surface area (Å²) in [5.41, 5.74) is 0.867. The van der Waals surface area contributed by atoms with Gasteiger partial charge in [-0.15, -0.1) is 0 Å². The molecule has 0 saturated carbocycles. The summed E-state index contributed by atoms with van der Waals surface area (Å²) >= 11 is 0. The molecule has 0 aliphatic heterocycles. The topological polar surface area (TPSA) is 55.2 Å². The minimum absolute atomic E-state index is 0.263. The van der Waals surface area contributed by atoms with Crippen LogP contribution in [0.3, 0.4) is 0 Å². The third kappa shape index (κ3) is 3.50. The van der Waals surface area contributed by atoms with Gasteiger partial charge in [0.1, 0.15) is 17.3 Å². The predicted molar refractivity (Wildman–Crippen MR) is 71.6 cm³/mol. The van der Waals surface area contributed by atoms with Gasteiger partial charge >= 0.3 is 0 Å². The van der Waals surface area contributed by atoms with Crippen LogP contribution in [0.2, 0.25) is 0 Å². The molecule has 0 heterocycles. The Morgan fingerprint density at radius 1 is 1.05 bits per heavy atom. The molecule has 2 rings (SSSR count). The third-order valence-electron chi connectivity index (χ3n) is 2.80. The van der Waals surface area contributed by atoms with Crippen LogP contribution in [0.1, 0.15) is 5.56 Å². The number of halogens is 2. The summed E-state index contributed by atoms with van der Waals surface area (Å²) in [5.74, 6) is -0.961. The van der Waals surface area contributed by atoms with Gasteiger partial charge in [-0.3, -0.25) is 10.1 Å². The Morgan fingerprint density at radius 2 is 1.70 bits per heavy atom. The molecule has 6 heteroatoms. The van der Waals surface area contributed by atoms with Gasteiger partial charge in [-0.1, -0.05) is 12.1 Å². The van der Waals surface area contributed by atoms with Gasteiger partial charge in [0.25, 0.3) is 5.69 Å². The maximum Gasteiger partial charge on any atom is 0.295 e. The highest BCUT2D eigenvalue weighted by atomic mass is 19.1. The largest absolute Gasteiger partial charge is 0.379 e. The average Bonchev–Trinajstić information content (AvgIpc) is 2.42. The van der Waals surface area contributed by atoms with Crippen molar-refractivity contribution in [2.45, 2.75) is 6.42 Å². The number of nitrogens with zero attached hydrogens (tertiary/aromatic N) is 1. The molecule has 0 amide bonds. The lowest BCUT2D eigenvalue weighted by Gasteiger charge is -2.07. The van der Waals surface area contributed by atoms with Gasteiger partial charge in [-0.25, -0.2) is 8.78 Å². The molecule has 0 saturated heterocycles. The van der Waals surface area contributed by atoms with E-state index in [1.54, 1.807) is 12.1 Å². The fourth-order valence-electron chi connectivity index (χ4n) is 1.80. The monoisotopic (exact) mass is 278 g/mol. The molecule has 0 aliphatic carbocycles. The number of benzene rings is 2. The molecule has 2 aromatic carbocycles. The van der Waals surface area contributed by atoms with E-state index in [4.69, 9.17) is 0 Å². The SMILES string of the molecule is O=[N+]([O-])c1cc(F)ccc1NCCc1ccc(F)cc1. The molecule has 0 atom stereocenters. The first kappa shape index (κ1) is 13.9. The molecule has 0 aliphatic rings. The first-order chi connectivity index (χ1) is 9.56. The molecule has 1 N–H and O–H groups in total. The summed E-state index contributed by atoms with van der Waals surface area (Å²) in [4.78, 5) is 10.2. The lowest BCUT2D eigenvalue weighted by molar-refractivity contribution is -0.384. The van der Waals surface area contributed by atoms with Crippen LogP contribution in [0.25, 0.3) is 0 Å². The quantitative estimate of drug-likeness (QED) is 0.672. The number of hydrogen-bond donors (Lipinski definition) is 1. The Bertz CT molecular complexity index is 615. The minimum atomic E-state index is -0.652. The molecule has 0 fully saturated rings. The van der Waals surface area contributed by atoms with Gasteiger partial charge < -0.3 is 5.32 Å². The van der Waals surface area contributed by atoms with Crippen molar-refractivity contribution in [3.8, 4) is 0 Å². The molecule has 0 unspecified atom stereocenters. The fraction of sp³-hybridized carbons (Fsp3) is 0.143. The zero-order valence-electron chi connectivity index (χ0n) is 10.5. The summed E-state index contributed by atoms with van der Waals surface area (Å²) in [5, 5.41) is 13.7. The maximum atomic E-state index is 13.0. The molecule has 4 nitrogen and oxygen atoms in total. The second-order valence-electron chi connectivity index (χ2n) is 4.22. The van der Waals surface area contributed by atoms with Gasteiger partial charge in [0.05, 0.1) is 11.0 Å². The predicted octanol–water partition coefficient (Wildman–Crippen LogP) is 3.53. The molecule has 104 valence electrons. The Balaban J connectivity index is 2.00. The highest BCUT2D eigenvalue weighted by molar-refractivity contribution is 5.61.